The number of alkyl halides is 3. The number of hydrogen-bond donors (Lipinski definition) is 1. The number of rotatable bonds is 4. The van der Waals surface area contributed by atoms with E-state index in [2.05, 4.69) is 4.72 Å². The Hall–Kier alpha value is -0.790. The Balaban J connectivity index is 3.24. The van der Waals surface area contributed by atoms with Gasteiger partial charge in [-0.3, -0.25) is 0 Å². The molecule has 0 spiro atoms. The lowest BCUT2D eigenvalue weighted by Crippen LogP contribution is -2.25. The SMILES string of the molecule is CCCNS(=O)(=O)c1cc(C(F)(F)F)ccc1Cl. The fraction of sp³-hybridized carbons (Fsp3) is 0.400. The van der Waals surface area contributed by atoms with Gasteiger partial charge < -0.3 is 0 Å². The van der Waals surface area contributed by atoms with E-state index in [-0.39, 0.29) is 11.6 Å². The standard InChI is InChI=1S/C10H11ClF3NO2S/c1-2-5-15-18(16,17)9-6-7(10(12,13)14)3-4-8(9)11/h3-4,6,15H,2,5H2,1H3. The third-order valence-corrected chi connectivity index (χ3v) is 4.03. The van der Waals surface area contributed by atoms with Crippen molar-refractivity contribution in [2.24, 2.45) is 0 Å². The third kappa shape index (κ3) is 3.60. The summed E-state index contributed by atoms with van der Waals surface area (Å²) in [6.45, 7) is 1.87. The lowest BCUT2D eigenvalue weighted by atomic mass is 10.2. The van der Waals surface area contributed by atoms with Crippen LogP contribution in [0.15, 0.2) is 23.1 Å². The van der Waals surface area contributed by atoms with Crippen molar-refractivity contribution in [2.45, 2.75) is 24.4 Å². The van der Waals surface area contributed by atoms with Gasteiger partial charge in [-0.1, -0.05) is 18.5 Å². The fourth-order valence-corrected chi connectivity index (χ4v) is 2.86. The minimum atomic E-state index is -4.61. The highest BCUT2D eigenvalue weighted by Gasteiger charge is 2.32. The summed E-state index contributed by atoms with van der Waals surface area (Å²) in [4.78, 5) is -0.563. The van der Waals surface area contributed by atoms with Crippen LogP contribution < -0.4 is 4.72 Å². The van der Waals surface area contributed by atoms with E-state index >= 15 is 0 Å². The number of sulfonamides is 1. The van der Waals surface area contributed by atoms with E-state index in [9.17, 15) is 21.6 Å². The molecule has 1 aromatic carbocycles. The van der Waals surface area contributed by atoms with Gasteiger partial charge in [-0.2, -0.15) is 13.2 Å². The zero-order chi connectivity index (χ0) is 14.0. The fourth-order valence-electron chi connectivity index (χ4n) is 1.20. The molecule has 0 unspecified atom stereocenters. The topological polar surface area (TPSA) is 46.2 Å². The van der Waals surface area contributed by atoms with Crippen molar-refractivity contribution in [3.63, 3.8) is 0 Å². The van der Waals surface area contributed by atoms with Crippen LogP contribution in [0.3, 0.4) is 0 Å². The van der Waals surface area contributed by atoms with Crippen LogP contribution in [-0.4, -0.2) is 15.0 Å². The molecule has 1 rings (SSSR count). The predicted molar refractivity (Wildman–Crippen MR) is 61.9 cm³/mol. The molecule has 1 aromatic rings. The highest BCUT2D eigenvalue weighted by atomic mass is 35.5. The molecule has 0 atom stereocenters. The van der Waals surface area contributed by atoms with Gasteiger partial charge in [0.1, 0.15) is 4.90 Å². The van der Waals surface area contributed by atoms with Gasteiger partial charge >= 0.3 is 6.18 Å². The molecule has 0 amide bonds. The summed E-state index contributed by atoms with van der Waals surface area (Å²) < 4.78 is 63.1. The van der Waals surface area contributed by atoms with Crippen molar-refractivity contribution in [2.75, 3.05) is 6.54 Å². The average molecular weight is 302 g/mol. The smallest absolute Gasteiger partial charge is 0.211 e. The lowest BCUT2D eigenvalue weighted by Gasteiger charge is -2.11. The van der Waals surface area contributed by atoms with Gasteiger partial charge in [0.05, 0.1) is 10.6 Å². The number of hydrogen-bond acceptors (Lipinski definition) is 2. The zero-order valence-electron chi connectivity index (χ0n) is 9.38. The van der Waals surface area contributed by atoms with E-state index in [1.165, 1.54) is 0 Å². The summed E-state index contributed by atoms with van der Waals surface area (Å²) in [7, 11) is -4.02. The Labute approximate surface area is 108 Å². The van der Waals surface area contributed by atoms with Crippen molar-refractivity contribution >= 4 is 21.6 Å². The number of halogens is 4. The van der Waals surface area contributed by atoms with Gasteiger partial charge in [0.2, 0.25) is 10.0 Å². The molecule has 0 aliphatic heterocycles. The maximum Gasteiger partial charge on any atom is 0.416 e. The summed E-state index contributed by atoms with van der Waals surface area (Å²) in [6.07, 6.45) is -4.09. The molecule has 0 aliphatic carbocycles. The molecule has 0 heterocycles. The molecule has 0 aliphatic rings. The monoisotopic (exact) mass is 301 g/mol. The second-order valence-electron chi connectivity index (χ2n) is 3.54. The Morgan fingerprint density at radius 3 is 2.44 bits per heavy atom. The first-order valence-electron chi connectivity index (χ1n) is 5.05. The maximum absolute atomic E-state index is 12.5. The Morgan fingerprint density at radius 2 is 1.94 bits per heavy atom. The van der Waals surface area contributed by atoms with Crippen LogP contribution >= 0.6 is 11.6 Å². The van der Waals surface area contributed by atoms with E-state index in [4.69, 9.17) is 11.6 Å². The zero-order valence-corrected chi connectivity index (χ0v) is 11.0. The van der Waals surface area contributed by atoms with Crippen LogP contribution in [0.5, 0.6) is 0 Å². The van der Waals surface area contributed by atoms with E-state index in [0.717, 1.165) is 12.1 Å². The minimum absolute atomic E-state index is 0.134. The first-order chi connectivity index (χ1) is 8.18. The van der Waals surface area contributed by atoms with Crippen LogP contribution in [0.1, 0.15) is 18.9 Å². The normalized spacial score (nSPS) is 12.7. The highest BCUT2D eigenvalue weighted by molar-refractivity contribution is 7.89. The average Bonchev–Trinajstić information content (AvgIpc) is 2.25. The maximum atomic E-state index is 12.5. The van der Waals surface area contributed by atoms with Gasteiger partial charge in [0.25, 0.3) is 0 Å². The molecule has 0 bridgehead atoms. The first-order valence-corrected chi connectivity index (χ1v) is 6.91. The van der Waals surface area contributed by atoms with Gasteiger partial charge in [-0.25, -0.2) is 13.1 Å². The van der Waals surface area contributed by atoms with Crippen LogP contribution in [0.4, 0.5) is 13.2 Å². The van der Waals surface area contributed by atoms with E-state index in [1.54, 1.807) is 6.92 Å². The first kappa shape index (κ1) is 15.3. The van der Waals surface area contributed by atoms with Crippen molar-refractivity contribution in [3.05, 3.63) is 28.8 Å². The molecular formula is C10H11ClF3NO2S. The third-order valence-electron chi connectivity index (χ3n) is 2.09. The summed E-state index contributed by atoms with van der Waals surface area (Å²) >= 11 is 5.62. The summed E-state index contributed by atoms with van der Waals surface area (Å²) in [5.74, 6) is 0. The second-order valence-corrected chi connectivity index (χ2v) is 5.68. The molecule has 0 saturated heterocycles. The minimum Gasteiger partial charge on any atom is -0.211 e. The molecule has 0 aromatic heterocycles. The highest BCUT2D eigenvalue weighted by Crippen LogP contribution is 2.33. The molecule has 3 nitrogen and oxygen atoms in total. The Morgan fingerprint density at radius 1 is 1.33 bits per heavy atom. The Kier molecular flexibility index (Phi) is 4.63. The summed E-state index contributed by atoms with van der Waals surface area (Å²) in [5.41, 5.74) is -1.05. The lowest BCUT2D eigenvalue weighted by molar-refractivity contribution is -0.137. The summed E-state index contributed by atoms with van der Waals surface area (Å²) in [5, 5.41) is -0.244. The van der Waals surface area contributed by atoms with Crippen LogP contribution in [-0.2, 0) is 16.2 Å². The molecule has 1 N–H and O–H groups in total. The molecule has 0 fully saturated rings. The Bertz CT molecular complexity index is 528. The van der Waals surface area contributed by atoms with Gasteiger partial charge in [0.15, 0.2) is 0 Å². The largest absolute Gasteiger partial charge is 0.416 e. The van der Waals surface area contributed by atoms with E-state index in [1.807, 2.05) is 0 Å². The van der Waals surface area contributed by atoms with Gasteiger partial charge in [-0.15, -0.1) is 0 Å². The number of benzene rings is 1. The van der Waals surface area contributed by atoms with Gasteiger partial charge in [-0.05, 0) is 24.6 Å². The van der Waals surface area contributed by atoms with Crippen LogP contribution in [0.25, 0.3) is 0 Å². The molecule has 18 heavy (non-hydrogen) atoms. The quantitative estimate of drug-likeness (QED) is 0.929. The van der Waals surface area contributed by atoms with E-state index in [0.29, 0.717) is 12.5 Å². The molecule has 0 radical (unpaired) electrons. The van der Waals surface area contributed by atoms with Crippen LogP contribution in [0.2, 0.25) is 5.02 Å². The molecule has 8 heteroatoms. The predicted octanol–water partition coefficient (Wildman–Crippen LogP) is 3.05. The summed E-state index contributed by atoms with van der Waals surface area (Å²) in [6, 6.07) is 2.19. The molecule has 0 saturated carbocycles. The van der Waals surface area contributed by atoms with E-state index < -0.39 is 26.7 Å². The second kappa shape index (κ2) is 5.46. The van der Waals surface area contributed by atoms with Crippen molar-refractivity contribution in [3.8, 4) is 0 Å². The molecular weight excluding hydrogens is 291 g/mol. The van der Waals surface area contributed by atoms with Crippen molar-refractivity contribution in [1.82, 2.24) is 4.72 Å². The van der Waals surface area contributed by atoms with Crippen molar-refractivity contribution < 1.29 is 21.6 Å². The van der Waals surface area contributed by atoms with Crippen LogP contribution in [0, 0.1) is 0 Å². The molecule has 102 valence electrons. The number of nitrogens with one attached hydrogen (secondary N) is 1. The van der Waals surface area contributed by atoms with Crippen molar-refractivity contribution in [1.29, 1.82) is 0 Å². The van der Waals surface area contributed by atoms with Gasteiger partial charge in [0, 0.05) is 6.54 Å².